The van der Waals surface area contributed by atoms with Crippen molar-refractivity contribution in [1.29, 1.82) is 0 Å². The Morgan fingerprint density at radius 2 is 2.08 bits per heavy atom. The molecule has 3 rings (SSSR count). The van der Waals surface area contributed by atoms with E-state index in [0.717, 1.165) is 24.9 Å². The fourth-order valence-electron chi connectivity index (χ4n) is 3.42. The van der Waals surface area contributed by atoms with Crippen molar-refractivity contribution in [3.63, 3.8) is 0 Å². The van der Waals surface area contributed by atoms with Crippen LogP contribution in [-0.4, -0.2) is 28.9 Å². The van der Waals surface area contributed by atoms with E-state index in [1.165, 1.54) is 6.42 Å². The molecule has 1 saturated carbocycles. The summed E-state index contributed by atoms with van der Waals surface area (Å²) < 4.78 is 1.87. The molecule has 1 fully saturated rings. The molecule has 2 atom stereocenters. The van der Waals surface area contributed by atoms with Crippen molar-refractivity contribution in [1.82, 2.24) is 9.78 Å². The van der Waals surface area contributed by atoms with Crippen LogP contribution >= 0.6 is 11.6 Å². The standard InChI is InChI=1S/C18H22ClN5O/c1-21-10-12-4-2-3-5-16(12)24-11-15(17(20)25)18(23-24)22-14-8-6-13(19)7-9-14/h6-9,11-12,16H,1-5,10H2,(H2,20,25)(H,22,23)/t12?,16-/m0/s1. The lowest BCUT2D eigenvalue weighted by Gasteiger charge is -2.30. The number of hydrogen-bond acceptors (Lipinski definition) is 4. The van der Waals surface area contributed by atoms with E-state index in [1.807, 2.05) is 16.8 Å². The number of nitrogens with zero attached hydrogens (tertiary/aromatic N) is 3. The van der Waals surface area contributed by atoms with Gasteiger partial charge in [0.1, 0.15) is 5.56 Å². The first-order chi connectivity index (χ1) is 12.1. The Balaban J connectivity index is 1.89. The summed E-state index contributed by atoms with van der Waals surface area (Å²) in [6, 6.07) is 7.42. The molecule has 0 spiro atoms. The number of primary amides is 1. The van der Waals surface area contributed by atoms with Gasteiger partial charge in [-0.05, 0) is 43.8 Å². The van der Waals surface area contributed by atoms with Crippen LogP contribution in [0, 0.1) is 5.92 Å². The van der Waals surface area contributed by atoms with Gasteiger partial charge in [-0.15, -0.1) is 0 Å². The molecule has 132 valence electrons. The second-order valence-electron chi connectivity index (χ2n) is 6.39. The van der Waals surface area contributed by atoms with Crippen molar-refractivity contribution < 1.29 is 4.79 Å². The van der Waals surface area contributed by atoms with E-state index in [1.54, 1.807) is 18.3 Å². The van der Waals surface area contributed by atoms with Gasteiger partial charge in [-0.2, -0.15) is 5.10 Å². The van der Waals surface area contributed by atoms with Gasteiger partial charge in [-0.3, -0.25) is 9.48 Å². The minimum absolute atomic E-state index is 0.207. The third-order valence-corrected chi connectivity index (χ3v) is 4.93. The number of rotatable bonds is 6. The molecular weight excluding hydrogens is 338 g/mol. The number of nitrogens with one attached hydrogen (secondary N) is 1. The number of nitrogens with two attached hydrogens (primary N) is 1. The zero-order chi connectivity index (χ0) is 17.8. The molecule has 0 aliphatic heterocycles. The van der Waals surface area contributed by atoms with Crippen LogP contribution in [0.25, 0.3) is 0 Å². The Bertz CT molecular complexity index is 755. The van der Waals surface area contributed by atoms with Crippen LogP contribution < -0.4 is 11.1 Å². The average molecular weight is 360 g/mol. The highest BCUT2D eigenvalue weighted by Crippen LogP contribution is 2.35. The smallest absolute Gasteiger partial charge is 0.254 e. The quantitative estimate of drug-likeness (QED) is 0.769. The van der Waals surface area contributed by atoms with Gasteiger partial charge in [0.25, 0.3) is 5.91 Å². The number of aliphatic imine (C=N–C) groups is 1. The molecule has 1 unspecified atom stereocenters. The fraction of sp³-hybridized carbons (Fsp3) is 0.389. The molecule has 1 aromatic heterocycles. The van der Waals surface area contributed by atoms with Crippen molar-refractivity contribution in [2.24, 2.45) is 16.6 Å². The van der Waals surface area contributed by atoms with Crippen molar-refractivity contribution >= 4 is 35.7 Å². The summed E-state index contributed by atoms with van der Waals surface area (Å²) in [6.45, 7) is 4.32. The van der Waals surface area contributed by atoms with E-state index in [-0.39, 0.29) is 6.04 Å². The second-order valence-corrected chi connectivity index (χ2v) is 6.82. The topological polar surface area (TPSA) is 85.3 Å². The molecule has 1 amide bonds. The first kappa shape index (κ1) is 17.5. The predicted octanol–water partition coefficient (Wildman–Crippen LogP) is 3.81. The highest BCUT2D eigenvalue weighted by atomic mass is 35.5. The molecular formula is C18H22ClN5O. The Morgan fingerprint density at radius 3 is 2.76 bits per heavy atom. The first-order valence-corrected chi connectivity index (χ1v) is 8.80. The van der Waals surface area contributed by atoms with Crippen molar-refractivity contribution in [3.05, 3.63) is 41.0 Å². The molecule has 1 aliphatic carbocycles. The van der Waals surface area contributed by atoms with Gasteiger partial charge in [-0.25, -0.2) is 0 Å². The van der Waals surface area contributed by atoms with Gasteiger partial charge < -0.3 is 16.0 Å². The Hall–Kier alpha value is -2.34. The summed E-state index contributed by atoms with van der Waals surface area (Å²) >= 11 is 5.91. The number of carbonyl (C=O) groups excluding carboxylic acids is 1. The Labute approximate surface area is 152 Å². The predicted molar refractivity (Wildman–Crippen MR) is 101 cm³/mol. The third-order valence-electron chi connectivity index (χ3n) is 4.68. The normalized spacial score (nSPS) is 20.2. The van der Waals surface area contributed by atoms with Crippen LogP contribution in [0.15, 0.2) is 35.5 Å². The molecule has 2 aromatic rings. The minimum atomic E-state index is -0.503. The highest BCUT2D eigenvalue weighted by Gasteiger charge is 2.28. The van der Waals surface area contributed by atoms with E-state index in [4.69, 9.17) is 17.3 Å². The van der Waals surface area contributed by atoms with E-state index < -0.39 is 5.91 Å². The second kappa shape index (κ2) is 7.70. The molecule has 1 aliphatic rings. The Kier molecular flexibility index (Phi) is 5.38. The van der Waals surface area contributed by atoms with Crippen molar-refractivity contribution in [2.45, 2.75) is 31.7 Å². The zero-order valence-electron chi connectivity index (χ0n) is 14.0. The van der Waals surface area contributed by atoms with E-state index in [2.05, 4.69) is 22.1 Å². The van der Waals surface area contributed by atoms with Crippen LogP contribution in [0.2, 0.25) is 5.02 Å². The van der Waals surface area contributed by atoms with E-state index in [0.29, 0.717) is 28.9 Å². The molecule has 1 aromatic carbocycles. The van der Waals surface area contributed by atoms with Gasteiger partial charge in [0.2, 0.25) is 0 Å². The minimum Gasteiger partial charge on any atom is -0.365 e. The summed E-state index contributed by atoms with van der Waals surface area (Å²) in [4.78, 5) is 15.9. The van der Waals surface area contributed by atoms with E-state index in [9.17, 15) is 4.79 Å². The van der Waals surface area contributed by atoms with Crippen molar-refractivity contribution in [3.8, 4) is 0 Å². The molecule has 6 nitrogen and oxygen atoms in total. The first-order valence-electron chi connectivity index (χ1n) is 8.42. The highest BCUT2D eigenvalue weighted by molar-refractivity contribution is 6.30. The number of benzene rings is 1. The number of amides is 1. The molecule has 25 heavy (non-hydrogen) atoms. The lowest BCUT2D eigenvalue weighted by molar-refractivity contribution is 0.100. The number of anilines is 2. The van der Waals surface area contributed by atoms with Gasteiger partial charge in [-0.1, -0.05) is 24.4 Å². The number of aromatic nitrogens is 2. The molecule has 3 N–H and O–H groups in total. The number of hydrogen-bond donors (Lipinski definition) is 2. The molecule has 7 heteroatoms. The van der Waals surface area contributed by atoms with Crippen LogP contribution in [0.5, 0.6) is 0 Å². The summed E-state index contributed by atoms with van der Waals surface area (Å²) in [6.07, 6.45) is 6.18. The molecule has 0 bridgehead atoms. The summed E-state index contributed by atoms with van der Waals surface area (Å²) in [5.74, 6) is 0.345. The SMILES string of the molecule is C=NCC1CCCC[C@@H]1n1cc(C(N)=O)c(Nc2ccc(Cl)cc2)n1. The maximum atomic E-state index is 11.8. The largest absolute Gasteiger partial charge is 0.365 e. The molecule has 0 saturated heterocycles. The van der Waals surface area contributed by atoms with Crippen LogP contribution in [0.3, 0.4) is 0 Å². The lowest BCUT2D eigenvalue weighted by Crippen LogP contribution is -2.26. The summed E-state index contributed by atoms with van der Waals surface area (Å²) in [5, 5.41) is 8.42. The summed E-state index contributed by atoms with van der Waals surface area (Å²) in [7, 11) is 0. The van der Waals surface area contributed by atoms with Crippen LogP contribution in [0.1, 0.15) is 42.1 Å². The number of halogens is 1. The third kappa shape index (κ3) is 4.02. The van der Waals surface area contributed by atoms with Crippen molar-refractivity contribution in [2.75, 3.05) is 11.9 Å². The van der Waals surface area contributed by atoms with E-state index >= 15 is 0 Å². The maximum absolute atomic E-state index is 11.8. The summed E-state index contributed by atoms with van der Waals surface area (Å²) in [5.41, 5.74) is 6.72. The van der Waals surface area contributed by atoms with Gasteiger partial charge in [0, 0.05) is 29.4 Å². The monoisotopic (exact) mass is 359 g/mol. The Morgan fingerprint density at radius 1 is 1.36 bits per heavy atom. The fourth-order valence-corrected chi connectivity index (χ4v) is 3.55. The molecule has 0 radical (unpaired) electrons. The van der Waals surface area contributed by atoms with Gasteiger partial charge in [0.05, 0.1) is 6.04 Å². The zero-order valence-corrected chi connectivity index (χ0v) is 14.7. The average Bonchev–Trinajstić information content (AvgIpc) is 3.02. The van der Waals surface area contributed by atoms with Crippen LogP contribution in [0.4, 0.5) is 11.5 Å². The van der Waals surface area contributed by atoms with Gasteiger partial charge >= 0.3 is 0 Å². The maximum Gasteiger partial charge on any atom is 0.254 e. The number of carbonyl (C=O) groups is 1. The van der Waals surface area contributed by atoms with Crippen LogP contribution in [-0.2, 0) is 0 Å². The molecule has 1 heterocycles. The van der Waals surface area contributed by atoms with Gasteiger partial charge in [0.15, 0.2) is 5.82 Å². The lowest BCUT2D eigenvalue weighted by atomic mass is 9.84.